The summed E-state index contributed by atoms with van der Waals surface area (Å²) < 4.78 is 36.9. The molecular weight excluding hydrogens is 278 g/mol. The third-order valence-corrected chi connectivity index (χ3v) is 3.20. The number of halogens is 2. The molecule has 1 unspecified atom stereocenters. The number of hydrogen-bond donors (Lipinski definition) is 1. The monoisotopic (exact) mass is 294 g/mol. The molecule has 2 aromatic carbocycles. The predicted molar refractivity (Wildman–Crippen MR) is 74.6 cm³/mol. The van der Waals surface area contributed by atoms with Gasteiger partial charge in [0.15, 0.2) is 11.5 Å². The van der Waals surface area contributed by atoms with Crippen LogP contribution in [0.3, 0.4) is 0 Å². The standard InChI is InChI=1S/C16H16F2O3/c1-20-15-8-12(13(18)9-16(15)21-2)14(19)7-10-3-5-11(17)6-4-10/h3-6,8-9,14,19H,7H2,1-2H3. The van der Waals surface area contributed by atoms with Crippen LogP contribution in [0.4, 0.5) is 8.78 Å². The second-order valence-corrected chi connectivity index (χ2v) is 4.58. The smallest absolute Gasteiger partial charge is 0.163 e. The first-order valence-electron chi connectivity index (χ1n) is 6.39. The van der Waals surface area contributed by atoms with Crippen LogP contribution < -0.4 is 9.47 Å². The molecule has 0 fully saturated rings. The van der Waals surface area contributed by atoms with Gasteiger partial charge >= 0.3 is 0 Å². The average molecular weight is 294 g/mol. The molecular formula is C16H16F2O3. The van der Waals surface area contributed by atoms with Crippen LogP contribution >= 0.6 is 0 Å². The van der Waals surface area contributed by atoms with E-state index in [4.69, 9.17) is 9.47 Å². The highest BCUT2D eigenvalue weighted by atomic mass is 19.1. The summed E-state index contributed by atoms with van der Waals surface area (Å²) in [5.74, 6) is -0.340. The molecule has 3 nitrogen and oxygen atoms in total. The van der Waals surface area contributed by atoms with Crippen molar-refractivity contribution in [1.29, 1.82) is 0 Å². The van der Waals surface area contributed by atoms with Crippen LogP contribution in [0.2, 0.25) is 0 Å². The number of aliphatic hydroxyl groups excluding tert-OH is 1. The molecule has 0 radical (unpaired) electrons. The van der Waals surface area contributed by atoms with E-state index >= 15 is 0 Å². The highest BCUT2D eigenvalue weighted by Crippen LogP contribution is 2.33. The van der Waals surface area contributed by atoms with Gasteiger partial charge in [-0.2, -0.15) is 0 Å². The molecule has 0 aromatic heterocycles. The number of methoxy groups -OCH3 is 2. The van der Waals surface area contributed by atoms with Crippen LogP contribution in [0.1, 0.15) is 17.2 Å². The zero-order chi connectivity index (χ0) is 15.4. The maximum Gasteiger partial charge on any atom is 0.163 e. The molecule has 0 bridgehead atoms. The van der Waals surface area contributed by atoms with Gasteiger partial charge in [0.1, 0.15) is 11.6 Å². The van der Waals surface area contributed by atoms with Crippen LogP contribution in [0, 0.1) is 11.6 Å². The molecule has 0 saturated carbocycles. The lowest BCUT2D eigenvalue weighted by atomic mass is 10.0. The van der Waals surface area contributed by atoms with E-state index in [1.165, 1.54) is 38.5 Å². The average Bonchev–Trinajstić information content (AvgIpc) is 2.49. The van der Waals surface area contributed by atoms with Crippen molar-refractivity contribution in [1.82, 2.24) is 0 Å². The largest absolute Gasteiger partial charge is 0.493 e. The third kappa shape index (κ3) is 3.49. The fraction of sp³-hybridized carbons (Fsp3) is 0.250. The van der Waals surface area contributed by atoms with Crippen molar-refractivity contribution in [3.8, 4) is 11.5 Å². The summed E-state index contributed by atoms with van der Waals surface area (Å²) in [6, 6.07) is 8.28. The molecule has 2 aromatic rings. The molecule has 0 heterocycles. The van der Waals surface area contributed by atoms with Crippen molar-refractivity contribution >= 4 is 0 Å². The normalized spacial score (nSPS) is 12.0. The predicted octanol–water partition coefficient (Wildman–Crippen LogP) is 3.26. The van der Waals surface area contributed by atoms with Crippen molar-refractivity contribution < 1.29 is 23.4 Å². The maximum atomic E-state index is 14.0. The van der Waals surface area contributed by atoms with E-state index in [1.54, 1.807) is 12.1 Å². The summed E-state index contributed by atoms with van der Waals surface area (Å²) >= 11 is 0. The van der Waals surface area contributed by atoms with E-state index in [1.807, 2.05) is 0 Å². The van der Waals surface area contributed by atoms with Gasteiger partial charge in [-0.25, -0.2) is 8.78 Å². The van der Waals surface area contributed by atoms with Gasteiger partial charge in [0, 0.05) is 18.1 Å². The molecule has 0 saturated heterocycles. The molecule has 112 valence electrons. The highest BCUT2D eigenvalue weighted by Gasteiger charge is 2.18. The van der Waals surface area contributed by atoms with Crippen LogP contribution in [0.25, 0.3) is 0 Å². The summed E-state index contributed by atoms with van der Waals surface area (Å²) in [6.45, 7) is 0. The summed E-state index contributed by atoms with van der Waals surface area (Å²) in [7, 11) is 2.85. The Morgan fingerprint density at radius 2 is 1.57 bits per heavy atom. The number of aliphatic hydroxyl groups is 1. The summed E-state index contributed by atoms with van der Waals surface area (Å²) in [4.78, 5) is 0. The van der Waals surface area contributed by atoms with E-state index in [2.05, 4.69) is 0 Å². The Balaban J connectivity index is 2.26. The maximum absolute atomic E-state index is 14.0. The van der Waals surface area contributed by atoms with E-state index in [0.717, 1.165) is 0 Å². The lowest BCUT2D eigenvalue weighted by Gasteiger charge is -2.15. The molecule has 5 heteroatoms. The molecule has 21 heavy (non-hydrogen) atoms. The molecule has 0 aliphatic rings. The Kier molecular flexibility index (Phi) is 4.75. The number of benzene rings is 2. The van der Waals surface area contributed by atoms with Gasteiger partial charge in [-0.15, -0.1) is 0 Å². The lowest BCUT2D eigenvalue weighted by Crippen LogP contribution is -2.06. The van der Waals surface area contributed by atoms with E-state index in [0.29, 0.717) is 11.3 Å². The van der Waals surface area contributed by atoms with E-state index in [-0.39, 0.29) is 23.6 Å². The van der Waals surface area contributed by atoms with Crippen LogP contribution in [-0.4, -0.2) is 19.3 Å². The molecule has 1 N–H and O–H groups in total. The van der Waals surface area contributed by atoms with E-state index < -0.39 is 11.9 Å². The Morgan fingerprint density at radius 1 is 1.00 bits per heavy atom. The number of hydrogen-bond acceptors (Lipinski definition) is 3. The SMILES string of the molecule is COc1cc(F)c(C(O)Cc2ccc(F)cc2)cc1OC. The van der Waals surface area contributed by atoms with Crippen molar-refractivity contribution in [2.75, 3.05) is 14.2 Å². The molecule has 0 amide bonds. The Labute approximate surface area is 121 Å². The van der Waals surface area contributed by atoms with Gasteiger partial charge in [0.2, 0.25) is 0 Å². The minimum absolute atomic E-state index is 0.108. The van der Waals surface area contributed by atoms with Gasteiger partial charge in [0.05, 0.1) is 20.3 Å². The van der Waals surface area contributed by atoms with Gasteiger partial charge in [-0.3, -0.25) is 0 Å². The summed E-state index contributed by atoms with van der Waals surface area (Å²) in [5.41, 5.74) is 0.815. The molecule has 1 atom stereocenters. The fourth-order valence-corrected chi connectivity index (χ4v) is 2.08. The first kappa shape index (κ1) is 15.3. The van der Waals surface area contributed by atoms with Crippen molar-refractivity contribution in [3.05, 3.63) is 59.2 Å². The summed E-state index contributed by atoms with van der Waals surface area (Å²) in [5, 5.41) is 10.2. The zero-order valence-electron chi connectivity index (χ0n) is 11.8. The van der Waals surface area contributed by atoms with Crippen LogP contribution in [-0.2, 0) is 6.42 Å². The quantitative estimate of drug-likeness (QED) is 0.920. The van der Waals surface area contributed by atoms with Crippen LogP contribution in [0.5, 0.6) is 11.5 Å². The van der Waals surface area contributed by atoms with Gasteiger partial charge in [-0.05, 0) is 23.8 Å². The van der Waals surface area contributed by atoms with Gasteiger partial charge < -0.3 is 14.6 Å². The van der Waals surface area contributed by atoms with Gasteiger partial charge in [0.25, 0.3) is 0 Å². The molecule has 0 aliphatic heterocycles. The molecule has 0 spiro atoms. The van der Waals surface area contributed by atoms with Crippen molar-refractivity contribution in [2.45, 2.75) is 12.5 Å². The Morgan fingerprint density at radius 3 is 2.14 bits per heavy atom. The molecule has 2 rings (SSSR count). The van der Waals surface area contributed by atoms with Gasteiger partial charge in [-0.1, -0.05) is 12.1 Å². The Hall–Kier alpha value is -2.14. The minimum atomic E-state index is -1.06. The van der Waals surface area contributed by atoms with E-state index in [9.17, 15) is 13.9 Å². The van der Waals surface area contributed by atoms with Crippen molar-refractivity contribution in [2.24, 2.45) is 0 Å². The zero-order valence-corrected chi connectivity index (χ0v) is 11.8. The first-order valence-corrected chi connectivity index (χ1v) is 6.39. The van der Waals surface area contributed by atoms with Crippen LogP contribution in [0.15, 0.2) is 36.4 Å². The number of rotatable bonds is 5. The lowest BCUT2D eigenvalue weighted by molar-refractivity contribution is 0.173. The number of ether oxygens (including phenoxy) is 2. The topological polar surface area (TPSA) is 38.7 Å². The second-order valence-electron chi connectivity index (χ2n) is 4.58. The summed E-state index contributed by atoms with van der Waals surface area (Å²) in [6.07, 6.45) is -0.887. The third-order valence-electron chi connectivity index (χ3n) is 3.20. The second kappa shape index (κ2) is 6.54. The fourth-order valence-electron chi connectivity index (χ4n) is 2.08. The first-order chi connectivity index (χ1) is 10.0. The molecule has 0 aliphatic carbocycles. The Bertz CT molecular complexity index is 612. The highest BCUT2D eigenvalue weighted by molar-refractivity contribution is 5.44. The minimum Gasteiger partial charge on any atom is -0.493 e. The van der Waals surface area contributed by atoms with Crippen molar-refractivity contribution in [3.63, 3.8) is 0 Å².